The number of likely N-dealkylation sites (N-methyl/N-ethyl adjacent to an activating group) is 1. The van der Waals surface area contributed by atoms with E-state index < -0.39 is 0 Å². The fraction of sp³-hybridized carbons (Fsp3) is 0.400. The van der Waals surface area contributed by atoms with E-state index in [-0.39, 0.29) is 18.3 Å². The van der Waals surface area contributed by atoms with Crippen molar-refractivity contribution in [2.24, 2.45) is 0 Å². The molecule has 2 heterocycles. The molecule has 0 aliphatic carbocycles. The zero-order valence-corrected chi connectivity index (χ0v) is 17.8. The first kappa shape index (κ1) is 21.4. The number of amides is 1. The number of halogens is 1. The van der Waals surface area contributed by atoms with Crippen LogP contribution in [0.1, 0.15) is 35.5 Å². The summed E-state index contributed by atoms with van der Waals surface area (Å²) in [6.07, 6.45) is 1.53. The first-order chi connectivity index (χ1) is 12.5. The van der Waals surface area contributed by atoms with E-state index in [2.05, 4.69) is 44.7 Å². The highest BCUT2D eigenvalue weighted by Gasteiger charge is 2.23. The zero-order chi connectivity index (χ0) is 18.7. The van der Waals surface area contributed by atoms with Gasteiger partial charge in [0, 0.05) is 13.1 Å². The maximum absolute atomic E-state index is 13.0. The Balaban J connectivity index is 0.00000261. The van der Waals surface area contributed by atoms with Gasteiger partial charge in [0.05, 0.1) is 16.5 Å². The molecule has 0 unspecified atom stereocenters. The maximum Gasteiger partial charge on any atom is 0.295 e. The normalized spacial score (nSPS) is 11.0. The van der Waals surface area contributed by atoms with Crippen LogP contribution in [0.5, 0.6) is 0 Å². The van der Waals surface area contributed by atoms with Gasteiger partial charge in [-0.1, -0.05) is 25.2 Å². The lowest BCUT2D eigenvalue weighted by atomic mass is 10.1. The van der Waals surface area contributed by atoms with E-state index in [1.165, 1.54) is 17.4 Å². The third kappa shape index (κ3) is 4.69. The SMILES string of the molecule is CCN(CC)CCN(C(=O)c1ccco1)c1nc2cc(C)c(C)cc2s1.Cl. The molecule has 0 saturated heterocycles. The highest BCUT2D eigenvalue weighted by molar-refractivity contribution is 7.22. The average molecular weight is 408 g/mol. The molecule has 1 amide bonds. The smallest absolute Gasteiger partial charge is 0.295 e. The minimum Gasteiger partial charge on any atom is -0.459 e. The third-order valence-corrected chi connectivity index (χ3v) is 5.78. The predicted octanol–water partition coefficient (Wildman–Crippen LogP) is 4.92. The topological polar surface area (TPSA) is 49.6 Å². The Morgan fingerprint density at radius 2 is 1.85 bits per heavy atom. The summed E-state index contributed by atoms with van der Waals surface area (Å²) in [7, 11) is 0. The summed E-state index contributed by atoms with van der Waals surface area (Å²) >= 11 is 1.55. The van der Waals surface area contributed by atoms with Crippen LogP contribution < -0.4 is 4.90 Å². The Morgan fingerprint density at radius 3 is 2.48 bits per heavy atom. The lowest BCUT2D eigenvalue weighted by Crippen LogP contribution is -2.38. The van der Waals surface area contributed by atoms with Crippen LogP contribution in [-0.4, -0.2) is 42.0 Å². The van der Waals surface area contributed by atoms with Gasteiger partial charge in [-0.3, -0.25) is 9.69 Å². The number of rotatable bonds is 7. The van der Waals surface area contributed by atoms with Crippen LogP contribution >= 0.6 is 23.7 Å². The number of fused-ring (bicyclic) bond motifs is 1. The molecule has 0 aliphatic rings. The van der Waals surface area contributed by atoms with Gasteiger partial charge in [0.2, 0.25) is 0 Å². The summed E-state index contributed by atoms with van der Waals surface area (Å²) in [5.41, 5.74) is 3.38. The lowest BCUT2D eigenvalue weighted by Gasteiger charge is -2.24. The molecule has 3 aromatic rings. The number of thiazole rings is 1. The minimum absolute atomic E-state index is 0. The molecule has 0 spiro atoms. The van der Waals surface area contributed by atoms with Crippen molar-refractivity contribution < 1.29 is 9.21 Å². The Hall–Kier alpha value is -1.89. The van der Waals surface area contributed by atoms with E-state index in [1.54, 1.807) is 28.4 Å². The number of hydrogen-bond acceptors (Lipinski definition) is 5. The van der Waals surface area contributed by atoms with E-state index in [4.69, 9.17) is 9.40 Å². The molecule has 0 radical (unpaired) electrons. The van der Waals surface area contributed by atoms with Crippen LogP contribution in [0.25, 0.3) is 10.2 Å². The van der Waals surface area contributed by atoms with E-state index in [9.17, 15) is 4.79 Å². The molecule has 0 atom stereocenters. The molecule has 0 N–H and O–H groups in total. The third-order valence-electron chi connectivity index (χ3n) is 4.73. The molecule has 3 rings (SSSR count). The van der Waals surface area contributed by atoms with Gasteiger partial charge < -0.3 is 9.32 Å². The summed E-state index contributed by atoms with van der Waals surface area (Å²) in [4.78, 5) is 21.8. The van der Waals surface area contributed by atoms with Crippen LogP contribution in [0, 0.1) is 13.8 Å². The van der Waals surface area contributed by atoms with Crippen molar-refractivity contribution in [1.82, 2.24) is 9.88 Å². The minimum atomic E-state index is -0.144. The molecule has 146 valence electrons. The summed E-state index contributed by atoms with van der Waals surface area (Å²) in [5, 5.41) is 0.721. The molecule has 1 aromatic carbocycles. The molecule has 5 nitrogen and oxygen atoms in total. The second-order valence-electron chi connectivity index (χ2n) is 6.36. The molecular formula is C20H26ClN3O2S. The number of nitrogens with zero attached hydrogens (tertiary/aromatic N) is 3. The van der Waals surface area contributed by atoms with Crippen molar-refractivity contribution in [1.29, 1.82) is 0 Å². The fourth-order valence-electron chi connectivity index (χ4n) is 2.88. The second kappa shape index (κ2) is 9.35. The van der Waals surface area contributed by atoms with Crippen LogP contribution in [0.2, 0.25) is 0 Å². The summed E-state index contributed by atoms with van der Waals surface area (Å²) in [6, 6.07) is 7.67. The number of aryl methyl sites for hydroxylation is 2. The average Bonchev–Trinajstić information content (AvgIpc) is 3.29. The van der Waals surface area contributed by atoms with Gasteiger partial charge >= 0.3 is 0 Å². The number of benzene rings is 1. The number of carbonyl (C=O) groups excluding carboxylic acids is 1. The van der Waals surface area contributed by atoms with Crippen molar-refractivity contribution in [3.8, 4) is 0 Å². The zero-order valence-electron chi connectivity index (χ0n) is 16.2. The lowest BCUT2D eigenvalue weighted by molar-refractivity contribution is 0.0957. The number of carbonyl (C=O) groups is 1. The Kier molecular flexibility index (Phi) is 7.41. The number of hydrogen-bond donors (Lipinski definition) is 0. The van der Waals surface area contributed by atoms with Crippen LogP contribution in [0.15, 0.2) is 34.9 Å². The van der Waals surface area contributed by atoms with Crippen molar-refractivity contribution in [3.63, 3.8) is 0 Å². The van der Waals surface area contributed by atoms with Gasteiger partial charge in [0.1, 0.15) is 0 Å². The highest BCUT2D eigenvalue weighted by Crippen LogP contribution is 2.31. The Labute approximate surface area is 170 Å². The number of anilines is 1. The molecule has 2 aromatic heterocycles. The van der Waals surface area contributed by atoms with Gasteiger partial charge in [-0.25, -0.2) is 4.98 Å². The van der Waals surface area contributed by atoms with Gasteiger partial charge in [0.25, 0.3) is 5.91 Å². The predicted molar refractivity (Wildman–Crippen MR) is 115 cm³/mol. The molecule has 0 aliphatic heterocycles. The van der Waals surface area contributed by atoms with E-state index in [1.807, 2.05) is 0 Å². The van der Waals surface area contributed by atoms with Crippen molar-refractivity contribution in [3.05, 3.63) is 47.4 Å². The van der Waals surface area contributed by atoms with Crippen LogP contribution in [0.3, 0.4) is 0 Å². The van der Waals surface area contributed by atoms with Gasteiger partial charge in [-0.2, -0.15) is 0 Å². The van der Waals surface area contributed by atoms with Crippen molar-refractivity contribution in [2.45, 2.75) is 27.7 Å². The molecule has 7 heteroatoms. The number of aromatic nitrogens is 1. The monoisotopic (exact) mass is 407 g/mol. The Bertz CT molecular complexity index is 849. The van der Waals surface area contributed by atoms with Crippen LogP contribution in [-0.2, 0) is 0 Å². The second-order valence-corrected chi connectivity index (χ2v) is 7.37. The quantitative estimate of drug-likeness (QED) is 0.558. The first-order valence-electron chi connectivity index (χ1n) is 8.99. The van der Waals surface area contributed by atoms with Crippen molar-refractivity contribution in [2.75, 3.05) is 31.1 Å². The summed E-state index contributed by atoms with van der Waals surface area (Å²) < 4.78 is 6.44. The standard InChI is InChI=1S/C20H25N3O2S.ClH/c1-5-22(6-2)9-10-23(19(24)17-8-7-11-25-17)20-21-16-12-14(3)15(4)13-18(16)26-20;/h7-8,11-13H,5-6,9-10H2,1-4H3;1H. The largest absolute Gasteiger partial charge is 0.459 e. The van der Waals surface area contributed by atoms with E-state index in [0.29, 0.717) is 12.3 Å². The molecule has 0 bridgehead atoms. The Morgan fingerprint density at radius 1 is 1.15 bits per heavy atom. The fourth-order valence-corrected chi connectivity index (χ4v) is 3.95. The van der Waals surface area contributed by atoms with Gasteiger partial charge in [0.15, 0.2) is 10.9 Å². The molecule has 0 saturated carbocycles. The highest BCUT2D eigenvalue weighted by atomic mass is 35.5. The van der Waals surface area contributed by atoms with E-state index in [0.717, 1.165) is 35.0 Å². The number of furan rings is 1. The van der Waals surface area contributed by atoms with Gasteiger partial charge in [-0.05, 0) is 62.3 Å². The van der Waals surface area contributed by atoms with Crippen LogP contribution in [0.4, 0.5) is 5.13 Å². The molecule has 0 fully saturated rings. The first-order valence-corrected chi connectivity index (χ1v) is 9.80. The van der Waals surface area contributed by atoms with E-state index >= 15 is 0 Å². The van der Waals surface area contributed by atoms with Gasteiger partial charge in [-0.15, -0.1) is 12.4 Å². The van der Waals surface area contributed by atoms with Crippen molar-refractivity contribution >= 4 is 45.0 Å². The summed E-state index contributed by atoms with van der Waals surface area (Å²) in [6.45, 7) is 11.7. The molecular weight excluding hydrogens is 382 g/mol. The maximum atomic E-state index is 13.0. The summed E-state index contributed by atoms with van der Waals surface area (Å²) in [5.74, 6) is 0.200. The molecule has 27 heavy (non-hydrogen) atoms.